The molecular formula is C15H11F3O3. The summed E-state index contributed by atoms with van der Waals surface area (Å²) in [6.07, 6.45) is -4.73. The fourth-order valence-corrected chi connectivity index (χ4v) is 1.92. The van der Waals surface area contributed by atoms with Crippen LogP contribution in [0.4, 0.5) is 13.2 Å². The highest BCUT2D eigenvalue weighted by Crippen LogP contribution is 2.27. The van der Waals surface area contributed by atoms with E-state index < -0.39 is 12.3 Å². The molecule has 0 aliphatic heterocycles. The zero-order valence-corrected chi connectivity index (χ0v) is 10.9. The fraction of sp³-hybridized carbons (Fsp3) is 0.133. The first kappa shape index (κ1) is 14.9. The smallest absolute Gasteiger partial charge is 0.478 e. The lowest BCUT2D eigenvalue weighted by Gasteiger charge is -2.10. The number of hydrogen-bond donors (Lipinski definition) is 1. The summed E-state index contributed by atoms with van der Waals surface area (Å²) in [5.41, 5.74) is 2.10. The van der Waals surface area contributed by atoms with Crippen LogP contribution in [-0.4, -0.2) is 17.4 Å². The van der Waals surface area contributed by atoms with Crippen LogP contribution in [0.3, 0.4) is 0 Å². The SMILES string of the molecule is Cc1cc(C(=O)O)cc(-c2ccc(OC(F)(F)F)cc2)c1. The minimum atomic E-state index is -4.73. The van der Waals surface area contributed by atoms with Crippen LogP contribution in [0.25, 0.3) is 11.1 Å². The number of alkyl halides is 3. The van der Waals surface area contributed by atoms with Gasteiger partial charge >= 0.3 is 12.3 Å². The van der Waals surface area contributed by atoms with E-state index in [1.54, 1.807) is 13.0 Å². The zero-order valence-electron chi connectivity index (χ0n) is 10.9. The summed E-state index contributed by atoms with van der Waals surface area (Å²) < 4.78 is 40.0. The van der Waals surface area contributed by atoms with Gasteiger partial charge in [-0.2, -0.15) is 0 Å². The number of hydrogen-bond acceptors (Lipinski definition) is 2. The van der Waals surface area contributed by atoms with Gasteiger partial charge in [-0.05, 0) is 47.9 Å². The molecule has 0 atom stereocenters. The van der Waals surface area contributed by atoms with E-state index in [0.29, 0.717) is 11.1 Å². The third kappa shape index (κ3) is 3.98. The molecule has 0 aliphatic rings. The van der Waals surface area contributed by atoms with Crippen molar-refractivity contribution in [1.29, 1.82) is 0 Å². The molecule has 0 aliphatic carbocycles. The largest absolute Gasteiger partial charge is 0.573 e. The van der Waals surface area contributed by atoms with E-state index >= 15 is 0 Å². The number of rotatable bonds is 3. The number of carboxylic acids is 1. The maximum atomic E-state index is 12.1. The van der Waals surface area contributed by atoms with Crippen molar-refractivity contribution in [3.63, 3.8) is 0 Å². The molecule has 21 heavy (non-hydrogen) atoms. The Bertz CT molecular complexity index is 661. The average molecular weight is 296 g/mol. The summed E-state index contributed by atoms with van der Waals surface area (Å²) >= 11 is 0. The van der Waals surface area contributed by atoms with Crippen LogP contribution < -0.4 is 4.74 Å². The Balaban J connectivity index is 2.32. The monoisotopic (exact) mass is 296 g/mol. The van der Waals surface area contributed by atoms with Gasteiger partial charge in [-0.25, -0.2) is 4.79 Å². The minimum absolute atomic E-state index is 0.126. The van der Waals surface area contributed by atoms with E-state index in [4.69, 9.17) is 5.11 Å². The lowest BCUT2D eigenvalue weighted by molar-refractivity contribution is -0.274. The van der Waals surface area contributed by atoms with E-state index in [1.165, 1.54) is 36.4 Å². The molecule has 2 aromatic carbocycles. The first-order valence-corrected chi connectivity index (χ1v) is 5.96. The second-order valence-corrected chi connectivity index (χ2v) is 4.47. The van der Waals surface area contributed by atoms with E-state index in [-0.39, 0.29) is 11.3 Å². The van der Waals surface area contributed by atoms with Crippen LogP contribution in [0.5, 0.6) is 5.75 Å². The minimum Gasteiger partial charge on any atom is -0.478 e. The van der Waals surface area contributed by atoms with Crippen molar-refractivity contribution in [1.82, 2.24) is 0 Å². The van der Waals surface area contributed by atoms with Crippen molar-refractivity contribution in [2.24, 2.45) is 0 Å². The third-order valence-corrected chi connectivity index (χ3v) is 2.75. The number of carboxylic acid groups (broad SMARTS) is 1. The van der Waals surface area contributed by atoms with Crippen LogP contribution in [0, 0.1) is 6.92 Å². The number of aryl methyl sites for hydroxylation is 1. The molecular weight excluding hydrogens is 285 g/mol. The Hall–Kier alpha value is -2.50. The van der Waals surface area contributed by atoms with Crippen LogP contribution in [0.15, 0.2) is 42.5 Å². The predicted molar refractivity (Wildman–Crippen MR) is 70.3 cm³/mol. The van der Waals surface area contributed by atoms with Crippen LogP contribution in [-0.2, 0) is 0 Å². The van der Waals surface area contributed by atoms with Gasteiger partial charge in [0.25, 0.3) is 0 Å². The maximum Gasteiger partial charge on any atom is 0.573 e. The topological polar surface area (TPSA) is 46.5 Å². The van der Waals surface area contributed by atoms with Gasteiger partial charge in [0, 0.05) is 0 Å². The maximum absolute atomic E-state index is 12.1. The summed E-state index contributed by atoms with van der Waals surface area (Å²) in [4.78, 5) is 11.0. The van der Waals surface area contributed by atoms with Crippen molar-refractivity contribution in [2.75, 3.05) is 0 Å². The molecule has 1 N–H and O–H groups in total. The molecule has 0 fully saturated rings. The van der Waals surface area contributed by atoms with Gasteiger partial charge in [-0.1, -0.05) is 18.2 Å². The number of halogens is 3. The predicted octanol–water partition coefficient (Wildman–Crippen LogP) is 4.26. The first-order chi connectivity index (χ1) is 9.74. The molecule has 0 aromatic heterocycles. The Morgan fingerprint density at radius 3 is 2.19 bits per heavy atom. The summed E-state index contributed by atoms with van der Waals surface area (Å²) in [5.74, 6) is -1.38. The molecule has 0 bridgehead atoms. The van der Waals surface area contributed by atoms with Gasteiger partial charge in [-0.3, -0.25) is 0 Å². The molecule has 2 aromatic rings. The number of ether oxygens (including phenoxy) is 1. The van der Waals surface area contributed by atoms with Gasteiger partial charge < -0.3 is 9.84 Å². The molecule has 0 heterocycles. The molecule has 0 unspecified atom stereocenters. The van der Waals surface area contributed by atoms with Crippen molar-refractivity contribution >= 4 is 5.97 Å². The average Bonchev–Trinajstić information content (AvgIpc) is 2.37. The second-order valence-electron chi connectivity index (χ2n) is 4.47. The van der Waals surface area contributed by atoms with Crippen LogP contribution in [0.2, 0.25) is 0 Å². The lowest BCUT2D eigenvalue weighted by atomic mass is 10.0. The molecule has 110 valence electrons. The third-order valence-electron chi connectivity index (χ3n) is 2.75. The first-order valence-electron chi connectivity index (χ1n) is 5.96. The molecule has 2 rings (SSSR count). The number of aromatic carboxylic acids is 1. The number of benzene rings is 2. The molecule has 0 spiro atoms. The number of carbonyl (C=O) groups is 1. The molecule has 0 saturated carbocycles. The standard InChI is InChI=1S/C15H11F3O3/c1-9-6-11(8-12(7-9)14(19)20)10-2-4-13(5-3-10)21-15(16,17)18/h2-8H,1H3,(H,19,20). The highest BCUT2D eigenvalue weighted by atomic mass is 19.4. The van der Waals surface area contributed by atoms with Gasteiger partial charge in [0.05, 0.1) is 5.56 Å². The van der Waals surface area contributed by atoms with Gasteiger partial charge in [0.15, 0.2) is 0 Å². The van der Waals surface area contributed by atoms with Crippen LogP contribution >= 0.6 is 0 Å². The van der Waals surface area contributed by atoms with Crippen molar-refractivity contribution in [3.8, 4) is 16.9 Å². The van der Waals surface area contributed by atoms with Gasteiger partial charge in [0.1, 0.15) is 5.75 Å². The second kappa shape index (κ2) is 5.47. The van der Waals surface area contributed by atoms with E-state index in [2.05, 4.69) is 4.74 Å². The summed E-state index contributed by atoms with van der Waals surface area (Å²) in [6, 6.07) is 10.0. The highest BCUT2D eigenvalue weighted by Gasteiger charge is 2.30. The lowest BCUT2D eigenvalue weighted by Crippen LogP contribution is -2.16. The Morgan fingerprint density at radius 1 is 1.05 bits per heavy atom. The highest BCUT2D eigenvalue weighted by molar-refractivity contribution is 5.89. The van der Waals surface area contributed by atoms with E-state index in [1.807, 2.05) is 0 Å². The van der Waals surface area contributed by atoms with Crippen LogP contribution in [0.1, 0.15) is 15.9 Å². The molecule has 0 amide bonds. The zero-order chi connectivity index (χ0) is 15.6. The van der Waals surface area contributed by atoms with E-state index in [9.17, 15) is 18.0 Å². The van der Waals surface area contributed by atoms with Gasteiger partial charge in [-0.15, -0.1) is 13.2 Å². The summed E-state index contributed by atoms with van der Waals surface area (Å²) in [6.45, 7) is 1.75. The Morgan fingerprint density at radius 2 is 1.67 bits per heavy atom. The Kier molecular flexibility index (Phi) is 3.88. The van der Waals surface area contributed by atoms with Gasteiger partial charge in [0.2, 0.25) is 0 Å². The molecule has 0 radical (unpaired) electrons. The summed E-state index contributed by atoms with van der Waals surface area (Å²) in [7, 11) is 0. The quantitative estimate of drug-likeness (QED) is 0.920. The summed E-state index contributed by atoms with van der Waals surface area (Å²) in [5, 5.41) is 9.01. The normalized spacial score (nSPS) is 11.2. The molecule has 0 saturated heterocycles. The van der Waals surface area contributed by atoms with E-state index in [0.717, 1.165) is 5.56 Å². The van der Waals surface area contributed by atoms with Crippen molar-refractivity contribution < 1.29 is 27.8 Å². The fourth-order valence-electron chi connectivity index (χ4n) is 1.92. The molecule has 6 heteroatoms. The van der Waals surface area contributed by atoms with Crippen molar-refractivity contribution in [3.05, 3.63) is 53.6 Å². The van der Waals surface area contributed by atoms with Crippen molar-refractivity contribution in [2.45, 2.75) is 13.3 Å². The molecule has 3 nitrogen and oxygen atoms in total. The Labute approximate surface area is 118 Å².